The van der Waals surface area contributed by atoms with Crippen molar-refractivity contribution < 1.29 is 19.1 Å². The van der Waals surface area contributed by atoms with Gasteiger partial charge in [-0.15, -0.1) is 11.3 Å². The third-order valence-corrected chi connectivity index (χ3v) is 6.22. The van der Waals surface area contributed by atoms with Crippen LogP contribution in [-0.4, -0.2) is 16.9 Å². The number of carbonyl (C=O) groups excluding carboxylic acids is 1. The molecule has 5 rings (SSSR count). The molecule has 30 heavy (non-hydrogen) atoms. The lowest BCUT2D eigenvalue weighted by atomic mass is 10.00. The van der Waals surface area contributed by atoms with E-state index >= 15 is 0 Å². The van der Waals surface area contributed by atoms with E-state index in [4.69, 9.17) is 4.42 Å². The van der Waals surface area contributed by atoms with Crippen LogP contribution in [0.2, 0.25) is 0 Å². The van der Waals surface area contributed by atoms with Crippen LogP contribution < -0.4 is 0 Å². The smallest absolute Gasteiger partial charge is 0.337 e. The second-order valence-electron chi connectivity index (χ2n) is 7.08. The summed E-state index contributed by atoms with van der Waals surface area (Å²) in [6.07, 6.45) is -0.0223. The molecule has 0 radical (unpaired) electrons. The van der Waals surface area contributed by atoms with Crippen LogP contribution in [0.3, 0.4) is 0 Å². The topological polar surface area (TPSA) is 67.5 Å². The largest absolute Gasteiger partial charge is 0.478 e. The SMILES string of the molecule is O=C(Cc1csc(-c2ccc3ccccc3c2)c1C(=O)O)c1cc2ccccc2o1. The lowest BCUT2D eigenvalue weighted by Crippen LogP contribution is -2.07. The first-order valence-corrected chi connectivity index (χ1v) is 10.3. The van der Waals surface area contributed by atoms with Gasteiger partial charge < -0.3 is 9.52 Å². The van der Waals surface area contributed by atoms with Crippen LogP contribution in [0.4, 0.5) is 0 Å². The Morgan fingerprint density at radius 3 is 2.37 bits per heavy atom. The number of Topliss-reactive ketones (excluding diaryl/α,β-unsaturated/α-hetero) is 1. The first kappa shape index (κ1) is 18.3. The molecule has 0 aliphatic rings. The number of carboxylic acids is 1. The molecule has 0 aliphatic heterocycles. The van der Waals surface area contributed by atoms with Gasteiger partial charge in [0, 0.05) is 16.7 Å². The summed E-state index contributed by atoms with van der Waals surface area (Å²) >= 11 is 1.34. The fourth-order valence-electron chi connectivity index (χ4n) is 3.68. The number of benzene rings is 3. The molecule has 4 nitrogen and oxygen atoms in total. The highest BCUT2D eigenvalue weighted by Crippen LogP contribution is 2.35. The molecule has 5 heteroatoms. The van der Waals surface area contributed by atoms with E-state index in [0.29, 0.717) is 16.0 Å². The number of hydrogen-bond donors (Lipinski definition) is 1. The highest BCUT2D eigenvalue weighted by Gasteiger charge is 2.23. The molecule has 0 spiro atoms. The minimum Gasteiger partial charge on any atom is -0.478 e. The highest BCUT2D eigenvalue weighted by atomic mass is 32.1. The molecule has 0 unspecified atom stereocenters. The predicted octanol–water partition coefficient (Wildman–Crippen LogP) is 6.44. The van der Waals surface area contributed by atoms with Gasteiger partial charge >= 0.3 is 5.97 Å². The van der Waals surface area contributed by atoms with E-state index in [1.807, 2.05) is 60.7 Å². The van der Waals surface area contributed by atoms with Crippen molar-refractivity contribution in [3.63, 3.8) is 0 Å². The van der Waals surface area contributed by atoms with Crippen LogP contribution >= 0.6 is 11.3 Å². The van der Waals surface area contributed by atoms with E-state index in [1.165, 1.54) is 11.3 Å². The van der Waals surface area contributed by atoms with E-state index in [0.717, 1.165) is 21.7 Å². The first-order valence-electron chi connectivity index (χ1n) is 9.45. The van der Waals surface area contributed by atoms with Gasteiger partial charge in [0.05, 0.1) is 5.56 Å². The number of aromatic carboxylic acids is 1. The van der Waals surface area contributed by atoms with Crippen molar-refractivity contribution in [3.8, 4) is 10.4 Å². The summed E-state index contributed by atoms with van der Waals surface area (Å²) < 4.78 is 5.65. The van der Waals surface area contributed by atoms with E-state index in [2.05, 4.69) is 0 Å². The van der Waals surface area contributed by atoms with E-state index < -0.39 is 5.97 Å². The molecule has 0 amide bonds. The standard InChI is InChI=1S/C25H16O4S/c26-20(22-13-17-7-3-4-8-21(17)29-22)12-19-14-30-24(23(19)25(27)28)18-10-9-15-5-1-2-6-16(15)11-18/h1-11,13-14H,12H2,(H,27,28). The number of furan rings is 1. The zero-order chi connectivity index (χ0) is 20.7. The van der Waals surface area contributed by atoms with Gasteiger partial charge in [-0.1, -0.05) is 54.6 Å². The molecular formula is C25H16O4S. The van der Waals surface area contributed by atoms with Crippen molar-refractivity contribution in [1.82, 2.24) is 0 Å². The van der Waals surface area contributed by atoms with Gasteiger partial charge in [0.15, 0.2) is 5.76 Å². The Balaban J connectivity index is 1.52. The molecular weight excluding hydrogens is 396 g/mol. The molecule has 3 aromatic carbocycles. The predicted molar refractivity (Wildman–Crippen MR) is 118 cm³/mol. The molecule has 0 aliphatic carbocycles. The fraction of sp³-hybridized carbons (Fsp3) is 0.0400. The van der Waals surface area contributed by atoms with Crippen molar-refractivity contribution in [1.29, 1.82) is 0 Å². The average molecular weight is 412 g/mol. The summed E-state index contributed by atoms with van der Waals surface area (Å²) in [7, 11) is 0. The van der Waals surface area contributed by atoms with Gasteiger partial charge in [0.2, 0.25) is 5.78 Å². The van der Waals surface area contributed by atoms with Crippen LogP contribution in [0.1, 0.15) is 26.5 Å². The molecule has 2 aromatic heterocycles. The Bertz CT molecular complexity index is 1390. The number of para-hydroxylation sites is 1. The van der Waals surface area contributed by atoms with Gasteiger partial charge in [-0.2, -0.15) is 0 Å². The number of hydrogen-bond acceptors (Lipinski definition) is 4. The molecule has 5 aromatic rings. The van der Waals surface area contributed by atoms with Crippen molar-refractivity contribution in [2.45, 2.75) is 6.42 Å². The Morgan fingerprint density at radius 1 is 0.867 bits per heavy atom. The van der Waals surface area contributed by atoms with E-state index in [1.54, 1.807) is 17.5 Å². The van der Waals surface area contributed by atoms with Crippen LogP contribution in [-0.2, 0) is 6.42 Å². The molecule has 0 atom stereocenters. The number of ketones is 1. The van der Waals surface area contributed by atoms with Crippen molar-refractivity contribution in [3.05, 3.63) is 95.1 Å². The molecule has 146 valence electrons. The Kier molecular flexibility index (Phi) is 4.45. The fourth-order valence-corrected chi connectivity index (χ4v) is 4.74. The Hall–Kier alpha value is -3.70. The van der Waals surface area contributed by atoms with Crippen LogP contribution in [0.5, 0.6) is 0 Å². The van der Waals surface area contributed by atoms with Crippen LogP contribution in [0.25, 0.3) is 32.2 Å². The maximum Gasteiger partial charge on any atom is 0.337 e. The number of carbonyl (C=O) groups is 2. The van der Waals surface area contributed by atoms with Gasteiger partial charge in [-0.05, 0) is 45.5 Å². The quantitative estimate of drug-likeness (QED) is 0.337. The summed E-state index contributed by atoms with van der Waals surface area (Å²) in [5.41, 5.74) is 2.15. The number of fused-ring (bicyclic) bond motifs is 2. The zero-order valence-corrected chi connectivity index (χ0v) is 16.6. The summed E-state index contributed by atoms with van der Waals surface area (Å²) in [6, 6.07) is 22.9. The molecule has 1 N–H and O–H groups in total. The Morgan fingerprint density at radius 2 is 1.60 bits per heavy atom. The molecule has 0 saturated carbocycles. The zero-order valence-electron chi connectivity index (χ0n) is 15.8. The molecule has 0 saturated heterocycles. The summed E-state index contributed by atoms with van der Waals surface area (Å²) in [4.78, 5) is 25.5. The minimum absolute atomic E-state index is 0.0223. The van der Waals surface area contributed by atoms with Crippen molar-refractivity contribution in [2.24, 2.45) is 0 Å². The second-order valence-corrected chi connectivity index (χ2v) is 7.96. The maximum absolute atomic E-state index is 12.8. The van der Waals surface area contributed by atoms with Crippen molar-refractivity contribution >= 4 is 44.8 Å². The second kappa shape index (κ2) is 7.28. The summed E-state index contributed by atoms with van der Waals surface area (Å²) in [6.45, 7) is 0. The van der Waals surface area contributed by atoms with Gasteiger partial charge in [0.25, 0.3) is 0 Å². The normalized spacial score (nSPS) is 11.2. The van der Waals surface area contributed by atoms with Crippen LogP contribution in [0, 0.1) is 0 Å². The van der Waals surface area contributed by atoms with Gasteiger partial charge in [-0.3, -0.25) is 4.79 Å². The number of carboxylic acid groups (broad SMARTS) is 1. The van der Waals surface area contributed by atoms with E-state index in [-0.39, 0.29) is 23.5 Å². The van der Waals surface area contributed by atoms with Gasteiger partial charge in [0.1, 0.15) is 5.58 Å². The molecule has 0 fully saturated rings. The third-order valence-electron chi connectivity index (χ3n) is 5.14. The Labute approximate surface area is 176 Å². The highest BCUT2D eigenvalue weighted by molar-refractivity contribution is 7.14. The minimum atomic E-state index is -1.04. The number of rotatable bonds is 5. The third kappa shape index (κ3) is 3.19. The van der Waals surface area contributed by atoms with E-state index in [9.17, 15) is 14.7 Å². The number of thiophene rings is 1. The van der Waals surface area contributed by atoms with Crippen LogP contribution in [0.15, 0.2) is 82.6 Å². The molecule has 0 bridgehead atoms. The lowest BCUT2D eigenvalue weighted by molar-refractivity contribution is 0.0697. The average Bonchev–Trinajstić information content (AvgIpc) is 3.37. The summed E-state index contributed by atoms with van der Waals surface area (Å²) in [5.74, 6) is -1.03. The molecule has 2 heterocycles. The lowest BCUT2D eigenvalue weighted by Gasteiger charge is -2.05. The monoisotopic (exact) mass is 412 g/mol. The van der Waals surface area contributed by atoms with Gasteiger partial charge in [-0.25, -0.2) is 4.79 Å². The maximum atomic E-state index is 12.8. The first-order chi connectivity index (χ1) is 14.6. The van der Waals surface area contributed by atoms with Crippen molar-refractivity contribution in [2.75, 3.05) is 0 Å². The summed E-state index contributed by atoms with van der Waals surface area (Å²) in [5, 5.41) is 14.6.